The number of benzene rings is 2. The van der Waals surface area contributed by atoms with E-state index in [9.17, 15) is 4.79 Å². The van der Waals surface area contributed by atoms with Gasteiger partial charge in [0, 0.05) is 28.2 Å². The number of nitrogens with zero attached hydrogens (tertiary/aromatic N) is 4. The lowest BCUT2D eigenvalue weighted by Gasteiger charge is -2.24. The van der Waals surface area contributed by atoms with Crippen LogP contribution in [0.2, 0.25) is 5.02 Å². The Bertz CT molecular complexity index is 1320. The molecule has 0 spiro atoms. The van der Waals surface area contributed by atoms with E-state index in [-0.39, 0.29) is 11.9 Å². The van der Waals surface area contributed by atoms with Gasteiger partial charge in [0.1, 0.15) is 11.6 Å². The maximum atomic E-state index is 13.7. The summed E-state index contributed by atoms with van der Waals surface area (Å²) in [5, 5.41) is 0.600. The second kappa shape index (κ2) is 8.56. The highest BCUT2D eigenvalue weighted by molar-refractivity contribution is 7.98. The molecule has 1 aliphatic heterocycles. The van der Waals surface area contributed by atoms with E-state index in [2.05, 4.69) is 33.3 Å². The molecule has 162 valence electrons. The van der Waals surface area contributed by atoms with Crippen LogP contribution in [0.15, 0.2) is 53.6 Å². The fraction of sp³-hybridized carbons (Fsp3) is 0.250. The van der Waals surface area contributed by atoms with Crippen molar-refractivity contribution >= 4 is 40.3 Å². The highest BCUT2D eigenvalue weighted by Gasteiger charge is 2.34. The second-order valence-electron chi connectivity index (χ2n) is 7.85. The Morgan fingerprint density at radius 2 is 2.09 bits per heavy atom. The first-order valence-electron chi connectivity index (χ1n) is 10.5. The fourth-order valence-corrected chi connectivity index (χ4v) is 4.85. The molecule has 0 radical (unpaired) electrons. The van der Waals surface area contributed by atoms with E-state index in [1.807, 2.05) is 36.1 Å². The van der Waals surface area contributed by atoms with E-state index in [1.54, 1.807) is 24.0 Å². The molecule has 0 aliphatic carbocycles. The Labute approximate surface area is 195 Å². The summed E-state index contributed by atoms with van der Waals surface area (Å²) in [5.74, 6) is 1.34. The highest BCUT2D eigenvalue weighted by atomic mass is 35.5. The zero-order valence-electron chi connectivity index (χ0n) is 17.8. The molecule has 1 atom stereocenters. The van der Waals surface area contributed by atoms with Crippen LogP contribution in [0, 0.1) is 6.92 Å². The monoisotopic (exact) mass is 463 g/mol. The number of aromatic nitrogens is 4. The number of thioether (sulfide) groups is 1. The van der Waals surface area contributed by atoms with Crippen LogP contribution in [0.5, 0.6) is 0 Å². The Morgan fingerprint density at radius 3 is 2.91 bits per heavy atom. The van der Waals surface area contributed by atoms with Gasteiger partial charge in [0.2, 0.25) is 0 Å². The third kappa shape index (κ3) is 3.87. The van der Waals surface area contributed by atoms with E-state index < -0.39 is 0 Å². The topological polar surface area (TPSA) is 74.8 Å². The standard InChI is InChI=1S/C24H22ClN5OS/c1-14-26-13-18(22(27-14)15-5-3-6-16(25)11-15)24(31)30-10-4-7-21(30)23-28-19-9-8-17(32-2)12-20(19)29-23/h3,5-6,8-9,11-13,21H,4,7,10H2,1-2H3,(H,28,29). The summed E-state index contributed by atoms with van der Waals surface area (Å²) in [4.78, 5) is 33.9. The first-order chi connectivity index (χ1) is 15.5. The van der Waals surface area contributed by atoms with Crippen molar-refractivity contribution in [1.29, 1.82) is 0 Å². The minimum atomic E-state index is -0.110. The molecule has 0 bridgehead atoms. The van der Waals surface area contributed by atoms with Gasteiger partial charge in [-0.3, -0.25) is 4.79 Å². The number of rotatable bonds is 4. The summed E-state index contributed by atoms with van der Waals surface area (Å²) in [7, 11) is 0. The number of imidazole rings is 1. The number of aromatic amines is 1. The molecule has 4 aromatic rings. The van der Waals surface area contributed by atoms with Crippen molar-refractivity contribution in [3.8, 4) is 11.3 Å². The number of aryl methyl sites for hydroxylation is 1. The molecule has 5 rings (SSSR count). The lowest BCUT2D eigenvalue weighted by molar-refractivity contribution is 0.0730. The van der Waals surface area contributed by atoms with Crippen LogP contribution in [0.3, 0.4) is 0 Å². The van der Waals surface area contributed by atoms with Crippen LogP contribution in [-0.2, 0) is 0 Å². The van der Waals surface area contributed by atoms with Crippen LogP contribution in [0.1, 0.15) is 40.9 Å². The van der Waals surface area contributed by atoms with Crippen molar-refractivity contribution in [3.05, 3.63) is 70.9 Å². The van der Waals surface area contributed by atoms with Crippen molar-refractivity contribution in [1.82, 2.24) is 24.8 Å². The van der Waals surface area contributed by atoms with Crippen LogP contribution >= 0.6 is 23.4 Å². The maximum Gasteiger partial charge on any atom is 0.258 e. The SMILES string of the molecule is CSc1ccc2nc(C3CCCN3C(=O)c3cnc(C)nc3-c3cccc(Cl)c3)[nH]c2c1. The molecule has 1 N–H and O–H groups in total. The second-order valence-corrected chi connectivity index (χ2v) is 9.17. The molecule has 1 amide bonds. The average molecular weight is 464 g/mol. The quantitative estimate of drug-likeness (QED) is 0.394. The molecule has 6 nitrogen and oxygen atoms in total. The van der Waals surface area contributed by atoms with E-state index in [0.717, 1.165) is 35.3 Å². The van der Waals surface area contributed by atoms with Gasteiger partial charge in [-0.15, -0.1) is 11.8 Å². The summed E-state index contributed by atoms with van der Waals surface area (Å²) < 4.78 is 0. The minimum absolute atomic E-state index is 0.0901. The summed E-state index contributed by atoms with van der Waals surface area (Å²) in [5.41, 5.74) is 3.78. The number of amides is 1. The predicted octanol–water partition coefficient (Wildman–Crippen LogP) is 5.68. The van der Waals surface area contributed by atoms with Crippen molar-refractivity contribution in [2.75, 3.05) is 12.8 Å². The van der Waals surface area contributed by atoms with Crippen molar-refractivity contribution < 1.29 is 4.79 Å². The molecular formula is C24H22ClN5OS. The number of fused-ring (bicyclic) bond motifs is 1. The molecule has 1 fully saturated rings. The normalized spacial score (nSPS) is 16.1. The molecule has 1 aliphatic rings. The Kier molecular flexibility index (Phi) is 5.61. The van der Waals surface area contributed by atoms with Gasteiger partial charge in [-0.2, -0.15) is 0 Å². The third-order valence-corrected chi connectivity index (χ3v) is 6.73. The largest absolute Gasteiger partial charge is 0.340 e. The molecule has 1 unspecified atom stereocenters. The molecule has 3 heterocycles. The Hall–Kier alpha value is -2.90. The number of carbonyl (C=O) groups excluding carboxylic acids is 1. The molecule has 1 saturated heterocycles. The van der Waals surface area contributed by atoms with E-state index >= 15 is 0 Å². The predicted molar refractivity (Wildman–Crippen MR) is 128 cm³/mol. The fourth-order valence-electron chi connectivity index (χ4n) is 4.22. The third-order valence-electron chi connectivity index (χ3n) is 5.77. The van der Waals surface area contributed by atoms with E-state index in [4.69, 9.17) is 16.6 Å². The van der Waals surface area contributed by atoms with Crippen molar-refractivity contribution in [2.24, 2.45) is 0 Å². The van der Waals surface area contributed by atoms with Gasteiger partial charge >= 0.3 is 0 Å². The van der Waals surface area contributed by atoms with E-state index in [0.29, 0.717) is 28.6 Å². The van der Waals surface area contributed by atoms with Gasteiger partial charge in [-0.1, -0.05) is 23.7 Å². The molecular weight excluding hydrogens is 442 g/mol. The number of likely N-dealkylation sites (tertiary alicyclic amines) is 1. The summed E-state index contributed by atoms with van der Waals surface area (Å²) in [6.07, 6.45) is 5.46. The Morgan fingerprint density at radius 1 is 1.22 bits per heavy atom. The Balaban J connectivity index is 1.52. The van der Waals surface area contributed by atoms with Crippen LogP contribution in [0.4, 0.5) is 0 Å². The highest BCUT2D eigenvalue weighted by Crippen LogP contribution is 2.35. The number of hydrogen-bond acceptors (Lipinski definition) is 5. The summed E-state index contributed by atoms with van der Waals surface area (Å²) >= 11 is 7.90. The minimum Gasteiger partial charge on any atom is -0.340 e. The first-order valence-corrected chi connectivity index (χ1v) is 12.1. The molecule has 2 aromatic carbocycles. The zero-order chi connectivity index (χ0) is 22.2. The van der Waals surface area contributed by atoms with Gasteiger partial charge in [-0.05, 0) is 56.4 Å². The molecule has 32 heavy (non-hydrogen) atoms. The lowest BCUT2D eigenvalue weighted by Crippen LogP contribution is -2.31. The van der Waals surface area contributed by atoms with Gasteiger partial charge < -0.3 is 9.88 Å². The smallest absolute Gasteiger partial charge is 0.258 e. The van der Waals surface area contributed by atoms with E-state index in [1.165, 1.54) is 4.90 Å². The summed E-state index contributed by atoms with van der Waals surface area (Å²) in [6, 6.07) is 13.5. The number of hydrogen-bond donors (Lipinski definition) is 1. The van der Waals surface area contributed by atoms with Crippen molar-refractivity contribution in [2.45, 2.75) is 30.7 Å². The van der Waals surface area contributed by atoms with Crippen LogP contribution in [-0.4, -0.2) is 43.5 Å². The number of nitrogens with one attached hydrogen (secondary N) is 1. The average Bonchev–Trinajstić information content (AvgIpc) is 3.45. The van der Waals surface area contributed by atoms with Gasteiger partial charge in [0.25, 0.3) is 5.91 Å². The number of carbonyl (C=O) groups is 1. The van der Waals surface area contributed by atoms with Crippen molar-refractivity contribution in [3.63, 3.8) is 0 Å². The zero-order valence-corrected chi connectivity index (χ0v) is 19.4. The van der Waals surface area contributed by atoms with Crippen LogP contribution in [0.25, 0.3) is 22.3 Å². The first kappa shape index (κ1) is 21.0. The lowest BCUT2D eigenvalue weighted by atomic mass is 10.1. The number of H-pyrrole nitrogens is 1. The summed E-state index contributed by atoms with van der Waals surface area (Å²) in [6.45, 7) is 2.48. The number of halogens is 1. The molecule has 8 heteroatoms. The van der Waals surface area contributed by atoms with Gasteiger partial charge in [-0.25, -0.2) is 15.0 Å². The molecule has 0 saturated carbocycles. The molecule has 2 aromatic heterocycles. The van der Waals surface area contributed by atoms with Gasteiger partial charge in [0.05, 0.1) is 28.3 Å². The maximum absolute atomic E-state index is 13.7. The van der Waals surface area contributed by atoms with Crippen LogP contribution < -0.4 is 0 Å². The van der Waals surface area contributed by atoms with Gasteiger partial charge in [0.15, 0.2) is 0 Å².